The molecule has 5 heteroatoms. The Kier molecular flexibility index (Phi) is 6.79. The molecule has 5 nitrogen and oxygen atoms in total. The third-order valence-corrected chi connectivity index (χ3v) is 12.4. The second-order valence-electron chi connectivity index (χ2n) is 15.4. The van der Waals surface area contributed by atoms with Crippen LogP contribution in [0.3, 0.4) is 0 Å². The highest BCUT2D eigenvalue weighted by molar-refractivity contribution is 6.07. The molecule has 12 rings (SSSR count). The molecule has 1 fully saturated rings. The summed E-state index contributed by atoms with van der Waals surface area (Å²) in [5, 5.41) is 4.31. The predicted octanol–water partition coefficient (Wildman–Crippen LogP) is 13.6. The molecule has 0 saturated heterocycles. The maximum absolute atomic E-state index is 6.28. The number of benzene rings is 7. The highest BCUT2D eigenvalue weighted by atomic mass is 16.3. The van der Waals surface area contributed by atoms with Gasteiger partial charge in [0.05, 0.1) is 0 Å². The first-order valence-electron chi connectivity index (χ1n) is 19.6. The number of rotatable bonds is 4. The van der Waals surface area contributed by atoms with Gasteiger partial charge in [-0.15, -0.1) is 0 Å². The lowest BCUT2D eigenvalue weighted by atomic mass is 9.68. The first kappa shape index (κ1) is 31.5. The van der Waals surface area contributed by atoms with E-state index in [0.717, 1.165) is 60.6 Å². The van der Waals surface area contributed by atoms with Crippen molar-refractivity contribution >= 4 is 43.9 Å². The fourth-order valence-corrected chi connectivity index (χ4v) is 9.73. The summed E-state index contributed by atoms with van der Waals surface area (Å²) < 4.78 is 12.6. The summed E-state index contributed by atoms with van der Waals surface area (Å²) in [5.41, 5.74) is 14.3. The van der Waals surface area contributed by atoms with Crippen molar-refractivity contribution in [3.05, 3.63) is 163 Å². The zero-order chi connectivity index (χ0) is 36.8. The molecule has 0 unspecified atom stereocenters. The maximum atomic E-state index is 6.28. The molecule has 0 bridgehead atoms. The molecule has 3 aromatic heterocycles. The lowest BCUT2D eigenvalue weighted by molar-refractivity contribution is 0.353. The minimum absolute atomic E-state index is 0.120. The molecule has 1 spiro atoms. The summed E-state index contributed by atoms with van der Waals surface area (Å²) in [6.45, 7) is 0. The monoisotopic (exact) mass is 721 g/mol. The van der Waals surface area contributed by atoms with Crippen molar-refractivity contribution in [1.29, 1.82) is 0 Å². The van der Waals surface area contributed by atoms with Gasteiger partial charge in [-0.05, 0) is 82.6 Å². The molecular weight excluding hydrogens is 687 g/mol. The largest absolute Gasteiger partial charge is 0.456 e. The smallest absolute Gasteiger partial charge is 0.164 e. The Hall–Kier alpha value is -6.85. The molecule has 7 aromatic carbocycles. The zero-order valence-corrected chi connectivity index (χ0v) is 30.6. The van der Waals surface area contributed by atoms with Crippen LogP contribution in [0.2, 0.25) is 0 Å². The predicted molar refractivity (Wildman–Crippen MR) is 225 cm³/mol. The second-order valence-corrected chi connectivity index (χ2v) is 15.4. The van der Waals surface area contributed by atoms with E-state index in [-0.39, 0.29) is 5.41 Å². The molecule has 10 aromatic rings. The number of hydrogen-bond donors (Lipinski definition) is 0. The molecule has 0 N–H and O–H groups in total. The van der Waals surface area contributed by atoms with Gasteiger partial charge in [0.2, 0.25) is 0 Å². The summed E-state index contributed by atoms with van der Waals surface area (Å²) in [5.74, 6) is 1.77. The Morgan fingerprint density at radius 2 is 0.857 bits per heavy atom. The number of hydrogen-bond acceptors (Lipinski definition) is 5. The number of fused-ring (bicyclic) bond motifs is 11. The SMILES string of the molecule is c1ccc2c(c1)-c1c(-c3ccc(-c4nc(-c5ccc6c(c5)oc5ccccc56)nc(-c5ccc6c(c5)oc5ccccc56)n4)cc3)cccc1C21CCCCC1. The average Bonchev–Trinajstić information content (AvgIpc) is 3.91. The van der Waals surface area contributed by atoms with E-state index in [4.69, 9.17) is 23.8 Å². The van der Waals surface area contributed by atoms with E-state index >= 15 is 0 Å². The molecule has 1 saturated carbocycles. The topological polar surface area (TPSA) is 65.0 Å². The van der Waals surface area contributed by atoms with Gasteiger partial charge in [0.25, 0.3) is 0 Å². The minimum Gasteiger partial charge on any atom is -0.456 e. The van der Waals surface area contributed by atoms with E-state index in [1.165, 1.54) is 65.5 Å². The normalized spacial score (nSPS) is 14.6. The van der Waals surface area contributed by atoms with Crippen molar-refractivity contribution in [1.82, 2.24) is 15.0 Å². The van der Waals surface area contributed by atoms with Crippen molar-refractivity contribution < 1.29 is 8.83 Å². The fraction of sp³-hybridized carbons (Fsp3) is 0.118. The Morgan fingerprint density at radius 3 is 1.50 bits per heavy atom. The van der Waals surface area contributed by atoms with Gasteiger partial charge < -0.3 is 8.83 Å². The molecular formula is C51H35N3O2. The van der Waals surface area contributed by atoms with Gasteiger partial charge in [-0.2, -0.15) is 0 Å². The van der Waals surface area contributed by atoms with Gasteiger partial charge in [-0.1, -0.05) is 135 Å². The van der Waals surface area contributed by atoms with Crippen molar-refractivity contribution in [2.75, 3.05) is 0 Å². The second kappa shape index (κ2) is 12.1. The lowest BCUT2D eigenvalue weighted by Crippen LogP contribution is -2.27. The lowest BCUT2D eigenvalue weighted by Gasteiger charge is -2.36. The first-order valence-corrected chi connectivity index (χ1v) is 19.6. The van der Waals surface area contributed by atoms with E-state index in [1.807, 2.05) is 48.5 Å². The average molecular weight is 722 g/mol. The van der Waals surface area contributed by atoms with Crippen molar-refractivity contribution in [2.45, 2.75) is 37.5 Å². The van der Waals surface area contributed by atoms with Crippen LogP contribution in [0.25, 0.3) is 100 Å². The van der Waals surface area contributed by atoms with Crippen LogP contribution < -0.4 is 0 Å². The Labute approximate surface area is 323 Å². The standard InChI is InChI=1S/C51H35N3O2/c1-8-27-51(28-9-1)41-15-5-2-13-40(41)47-35(14-10-16-42(47)51)31-19-21-32(22-20-31)48-52-49(33-23-25-38-36-11-3-6-17-43(36)55-45(38)29-33)54-50(53-48)34-24-26-39-37-12-4-7-18-44(37)56-46(39)30-34/h2-7,10-26,29-30H,1,8-9,27-28H2. The summed E-state index contributed by atoms with van der Waals surface area (Å²) in [6.07, 6.45) is 6.32. The Balaban J connectivity index is 0.991. The van der Waals surface area contributed by atoms with Crippen LogP contribution in [0, 0.1) is 0 Å². The van der Waals surface area contributed by atoms with E-state index in [2.05, 4.69) is 103 Å². The molecule has 0 radical (unpaired) electrons. The molecule has 0 aliphatic heterocycles. The molecule has 2 aliphatic carbocycles. The van der Waals surface area contributed by atoms with Gasteiger partial charge >= 0.3 is 0 Å². The number of nitrogens with zero attached hydrogens (tertiary/aromatic N) is 3. The molecule has 266 valence electrons. The van der Waals surface area contributed by atoms with Crippen LogP contribution in [0.4, 0.5) is 0 Å². The number of para-hydroxylation sites is 2. The number of aromatic nitrogens is 3. The van der Waals surface area contributed by atoms with Crippen LogP contribution in [0.1, 0.15) is 43.2 Å². The van der Waals surface area contributed by atoms with Gasteiger partial charge in [-0.3, -0.25) is 0 Å². The van der Waals surface area contributed by atoms with Gasteiger partial charge in [0, 0.05) is 43.7 Å². The quantitative estimate of drug-likeness (QED) is 0.181. The molecule has 0 atom stereocenters. The third kappa shape index (κ3) is 4.70. The third-order valence-electron chi connectivity index (χ3n) is 12.4. The molecule has 2 aliphatic rings. The Bertz CT molecular complexity index is 3050. The van der Waals surface area contributed by atoms with Crippen LogP contribution in [0.5, 0.6) is 0 Å². The summed E-state index contributed by atoms with van der Waals surface area (Å²) in [6, 6.07) is 53.5. The zero-order valence-electron chi connectivity index (χ0n) is 30.6. The van der Waals surface area contributed by atoms with Crippen LogP contribution >= 0.6 is 0 Å². The van der Waals surface area contributed by atoms with Gasteiger partial charge in [0.1, 0.15) is 22.3 Å². The minimum atomic E-state index is 0.120. The molecule has 56 heavy (non-hydrogen) atoms. The first-order chi connectivity index (χ1) is 27.7. The van der Waals surface area contributed by atoms with Crippen molar-refractivity contribution in [3.63, 3.8) is 0 Å². The number of furan rings is 2. The summed E-state index contributed by atoms with van der Waals surface area (Å²) >= 11 is 0. The molecule has 0 amide bonds. The van der Waals surface area contributed by atoms with Gasteiger partial charge in [-0.25, -0.2) is 15.0 Å². The van der Waals surface area contributed by atoms with E-state index in [1.54, 1.807) is 0 Å². The van der Waals surface area contributed by atoms with Crippen LogP contribution in [-0.4, -0.2) is 15.0 Å². The van der Waals surface area contributed by atoms with Gasteiger partial charge in [0.15, 0.2) is 17.5 Å². The van der Waals surface area contributed by atoms with E-state index in [9.17, 15) is 0 Å². The highest BCUT2D eigenvalue weighted by Crippen LogP contribution is 2.57. The van der Waals surface area contributed by atoms with E-state index < -0.39 is 0 Å². The van der Waals surface area contributed by atoms with Crippen LogP contribution in [-0.2, 0) is 5.41 Å². The van der Waals surface area contributed by atoms with Crippen molar-refractivity contribution in [3.8, 4) is 56.4 Å². The summed E-state index contributed by atoms with van der Waals surface area (Å²) in [4.78, 5) is 15.3. The maximum Gasteiger partial charge on any atom is 0.164 e. The van der Waals surface area contributed by atoms with Crippen LogP contribution in [0.15, 0.2) is 160 Å². The van der Waals surface area contributed by atoms with E-state index in [0.29, 0.717) is 17.5 Å². The van der Waals surface area contributed by atoms with Crippen molar-refractivity contribution in [2.24, 2.45) is 0 Å². The highest BCUT2D eigenvalue weighted by Gasteiger charge is 2.44. The summed E-state index contributed by atoms with van der Waals surface area (Å²) in [7, 11) is 0. The Morgan fingerprint density at radius 1 is 0.375 bits per heavy atom. The molecule has 3 heterocycles. The fourth-order valence-electron chi connectivity index (χ4n) is 9.73.